The fraction of sp³-hybridized carbons (Fsp3) is 0.286. The van der Waals surface area contributed by atoms with Crippen LogP contribution in [0.15, 0.2) is 66.7 Å². The highest BCUT2D eigenvalue weighted by Gasteiger charge is 2.48. The zero-order chi connectivity index (χ0) is 26.7. The second kappa shape index (κ2) is 11.8. The summed E-state index contributed by atoms with van der Waals surface area (Å²) in [6.45, 7) is 1.87. The van der Waals surface area contributed by atoms with Crippen molar-refractivity contribution >= 4 is 46.7 Å². The first kappa shape index (κ1) is 27.4. The Kier molecular flexibility index (Phi) is 8.75. The first-order valence-electron chi connectivity index (χ1n) is 11.8. The van der Waals surface area contributed by atoms with Crippen LogP contribution in [0.2, 0.25) is 15.1 Å². The van der Waals surface area contributed by atoms with Gasteiger partial charge in [-0.1, -0.05) is 78.5 Å². The number of benzene rings is 3. The Hall–Kier alpha value is -2.64. The lowest BCUT2D eigenvalue weighted by atomic mass is 9.88. The van der Waals surface area contributed by atoms with Crippen molar-refractivity contribution in [3.63, 3.8) is 0 Å². The molecule has 0 radical (unpaired) electrons. The van der Waals surface area contributed by atoms with E-state index in [-0.39, 0.29) is 12.8 Å². The zero-order valence-corrected chi connectivity index (χ0v) is 22.2. The molecule has 1 aliphatic heterocycles. The van der Waals surface area contributed by atoms with Gasteiger partial charge in [-0.05, 0) is 59.5 Å². The highest BCUT2D eigenvalue weighted by atomic mass is 35.5. The smallest absolute Gasteiger partial charge is 0.326 e. The van der Waals surface area contributed by atoms with Gasteiger partial charge >= 0.3 is 5.97 Å². The molecule has 5 nitrogen and oxygen atoms in total. The highest BCUT2D eigenvalue weighted by Crippen LogP contribution is 2.45. The molecule has 194 valence electrons. The van der Waals surface area contributed by atoms with Crippen LogP contribution in [0, 0.1) is 5.82 Å². The number of carbonyl (C=O) groups excluding carboxylic acids is 1. The van der Waals surface area contributed by atoms with Crippen molar-refractivity contribution in [2.75, 3.05) is 0 Å². The van der Waals surface area contributed by atoms with Crippen LogP contribution in [-0.4, -0.2) is 34.0 Å². The van der Waals surface area contributed by atoms with Crippen LogP contribution >= 0.6 is 34.8 Å². The minimum absolute atomic E-state index is 0.138. The molecule has 0 spiro atoms. The Labute approximate surface area is 229 Å². The van der Waals surface area contributed by atoms with Crippen LogP contribution in [-0.2, 0) is 20.7 Å². The normalized spacial score (nSPS) is 20.6. The van der Waals surface area contributed by atoms with Crippen molar-refractivity contribution in [1.82, 2.24) is 4.90 Å². The van der Waals surface area contributed by atoms with Gasteiger partial charge in [0, 0.05) is 11.4 Å². The van der Waals surface area contributed by atoms with Crippen LogP contribution in [0.4, 0.5) is 4.39 Å². The van der Waals surface area contributed by atoms with E-state index in [9.17, 15) is 19.1 Å². The van der Waals surface area contributed by atoms with Crippen molar-refractivity contribution < 1.29 is 23.8 Å². The monoisotopic (exact) mass is 563 g/mol. The van der Waals surface area contributed by atoms with Crippen molar-refractivity contribution in [2.24, 2.45) is 0 Å². The van der Waals surface area contributed by atoms with Crippen LogP contribution in [0.25, 0.3) is 0 Å². The number of nitrogens with zero attached hydrogens (tertiary/aromatic N) is 1. The van der Waals surface area contributed by atoms with E-state index in [1.54, 1.807) is 54.6 Å². The van der Waals surface area contributed by atoms with Crippen molar-refractivity contribution in [3.8, 4) is 0 Å². The summed E-state index contributed by atoms with van der Waals surface area (Å²) >= 11 is 18.6. The van der Waals surface area contributed by atoms with E-state index in [1.807, 2.05) is 6.92 Å². The number of carboxylic acids is 1. The standard InChI is InChI=1S/C28H25Cl3FNO4/c1-2-3-23(28(35)36)33-25(17-6-9-19(29)10-7-17)26(18-8-13-21(30)22(31)15-18)37-24(27(33)34)14-16-4-11-20(32)12-5-16/h4-13,15,23-26H,2-3,14H2,1H3,(H,35,36)/t23-,24-,25+,26-/m0/s1. The lowest BCUT2D eigenvalue weighted by Gasteiger charge is -2.47. The van der Waals surface area contributed by atoms with Crippen LogP contribution < -0.4 is 0 Å². The highest BCUT2D eigenvalue weighted by molar-refractivity contribution is 6.42. The molecule has 0 bridgehead atoms. The summed E-state index contributed by atoms with van der Waals surface area (Å²) in [4.78, 5) is 27.8. The Morgan fingerprint density at radius 1 is 1.00 bits per heavy atom. The molecule has 37 heavy (non-hydrogen) atoms. The molecule has 4 rings (SSSR count). The second-order valence-corrected chi connectivity index (χ2v) is 10.2. The number of ether oxygens (including phenoxy) is 1. The number of carbonyl (C=O) groups is 2. The quantitative estimate of drug-likeness (QED) is 0.312. The SMILES string of the molecule is CCC[C@@H](C(=O)O)N1C(=O)[C@H](Cc2ccc(F)cc2)O[C@@H](c2ccc(Cl)c(Cl)c2)[C@H]1c1ccc(Cl)cc1. The lowest BCUT2D eigenvalue weighted by molar-refractivity contribution is -0.184. The number of amides is 1. The van der Waals surface area contributed by atoms with Crippen molar-refractivity contribution in [3.05, 3.63) is 104 Å². The molecule has 3 aromatic carbocycles. The van der Waals surface area contributed by atoms with Gasteiger partial charge in [0.05, 0.1) is 16.1 Å². The molecule has 1 aliphatic rings. The molecule has 1 heterocycles. The average molecular weight is 565 g/mol. The van der Waals surface area contributed by atoms with Gasteiger partial charge < -0.3 is 14.7 Å². The molecule has 1 amide bonds. The van der Waals surface area contributed by atoms with Gasteiger partial charge in [-0.2, -0.15) is 0 Å². The molecule has 0 saturated carbocycles. The third-order valence-electron chi connectivity index (χ3n) is 6.43. The van der Waals surface area contributed by atoms with E-state index in [1.165, 1.54) is 17.0 Å². The van der Waals surface area contributed by atoms with Gasteiger partial charge in [0.2, 0.25) is 0 Å². The number of aliphatic carboxylic acids is 1. The maximum Gasteiger partial charge on any atom is 0.326 e. The molecule has 3 aromatic rings. The minimum Gasteiger partial charge on any atom is -0.480 e. The van der Waals surface area contributed by atoms with Gasteiger partial charge in [-0.3, -0.25) is 4.79 Å². The van der Waals surface area contributed by atoms with E-state index < -0.39 is 42.0 Å². The van der Waals surface area contributed by atoms with Crippen molar-refractivity contribution in [2.45, 2.75) is 50.5 Å². The molecule has 0 unspecified atom stereocenters. The molecule has 1 N–H and O–H groups in total. The summed E-state index contributed by atoms with van der Waals surface area (Å²) in [7, 11) is 0. The maximum absolute atomic E-state index is 14.0. The summed E-state index contributed by atoms with van der Waals surface area (Å²) < 4.78 is 19.9. The fourth-order valence-electron chi connectivity index (χ4n) is 4.68. The van der Waals surface area contributed by atoms with E-state index >= 15 is 0 Å². The Morgan fingerprint density at radius 3 is 2.24 bits per heavy atom. The molecular formula is C28H25Cl3FNO4. The summed E-state index contributed by atoms with van der Waals surface area (Å²) in [6.07, 6.45) is -0.832. The van der Waals surface area contributed by atoms with Crippen LogP contribution in [0.1, 0.15) is 48.6 Å². The van der Waals surface area contributed by atoms with E-state index in [4.69, 9.17) is 39.5 Å². The van der Waals surface area contributed by atoms with Crippen LogP contribution in [0.3, 0.4) is 0 Å². The fourth-order valence-corrected chi connectivity index (χ4v) is 5.11. The number of halogens is 4. The third kappa shape index (κ3) is 6.10. The number of carboxylic acid groups (broad SMARTS) is 1. The Morgan fingerprint density at radius 2 is 1.65 bits per heavy atom. The number of hydrogen-bond acceptors (Lipinski definition) is 3. The minimum atomic E-state index is -1.11. The van der Waals surface area contributed by atoms with Crippen molar-refractivity contribution in [1.29, 1.82) is 0 Å². The van der Waals surface area contributed by atoms with E-state index in [2.05, 4.69) is 0 Å². The largest absolute Gasteiger partial charge is 0.480 e. The van der Waals surface area contributed by atoms with Crippen LogP contribution in [0.5, 0.6) is 0 Å². The van der Waals surface area contributed by atoms with Gasteiger partial charge in [0.1, 0.15) is 24.1 Å². The van der Waals surface area contributed by atoms with E-state index in [0.29, 0.717) is 38.2 Å². The average Bonchev–Trinajstić information content (AvgIpc) is 2.87. The first-order chi connectivity index (χ1) is 17.7. The molecular weight excluding hydrogens is 540 g/mol. The predicted octanol–water partition coefficient (Wildman–Crippen LogP) is 7.29. The zero-order valence-electron chi connectivity index (χ0n) is 19.9. The molecule has 9 heteroatoms. The topological polar surface area (TPSA) is 66.8 Å². The summed E-state index contributed by atoms with van der Waals surface area (Å²) in [5.41, 5.74) is 1.98. The maximum atomic E-state index is 14.0. The molecule has 1 fully saturated rings. The van der Waals surface area contributed by atoms with Gasteiger partial charge in [0.25, 0.3) is 5.91 Å². The molecule has 0 aromatic heterocycles. The summed E-state index contributed by atoms with van der Waals surface area (Å²) in [5.74, 6) is -1.96. The second-order valence-electron chi connectivity index (χ2n) is 8.93. The lowest BCUT2D eigenvalue weighted by Crippen LogP contribution is -2.57. The van der Waals surface area contributed by atoms with Gasteiger partial charge in [0.15, 0.2) is 0 Å². The number of morpholine rings is 1. The summed E-state index contributed by atoms with van der Waals surface area (Å²) in [6, 6.07) is 15.8. The Balaban J connectivity index is 1.87. The molecule has 4 atom stereocenters. The molecule has 1 saturated heterocycles. The van der Waals surface area contributed by atoms with E-state index in [0.717, 1.165) is 0 Å². The Bertz CT molecular complexity index is 1270. The van der Waals surface area contributed by atoms with Gasteiger partial charge in [-0.25, -0.2) is 9.18 Å². The number of hydrogen-bond donors (Lipinski definition) is 1. The first-order valence-corrected chi connectivity index (χ1v) is 13.0. The third-order valence-corrected chi connectivity index (χ3v) is 7.42. The summed E-state index contributed by atoms with van der Waals surface area (Å²) in [5, 5.41) is 11.4. The predicted molar refractivity (Wildman–Crippen MR) is 142 cm³/mol. The molecule has 0 aliphatic carbocycles. The number of rotatable bonds is 8. The van der Waals surface area contributed by atoms with Gasteiger partial charge in [-0.15, -0.1) is 0 Å².